The zero-order valence-corrected chi connectivity index (χ0v) is 12.7. The van der Waals surface area contributed by atoms with Crippen molar-refractivity contribution in [1.82, 2.24) is 15.5 Å². The van der Waals surface area contributed by atoms with Gasteiger partial charge in [-0.25, -0.2) is 4.79 Å². The highest BCUT2D eigenvalue weighted by Gasteiger charge is 2.23. The number of aromatic nitrogens is 2. The number of anilines is 3. The standard InChI is InChI=1S/C14H14BrN5O/c15-10-3-1-2-4-11(10)17-12-7-8-13(20-19-12)18-14(21)16-9-5-6-9/h1-4,7-9H,5-6H2,(H,17,19)(H2,16,18,20,21). The number of benzene rings is 1. The van der Waals surface area contributed by atoms with E-state index in [1.807, 2.05) is 24.3 Å². The van der Waals surface area contributed by atoms with E-state index in [0.717, 1.165) is 23.0 Å². The van der Waals surface area contributed by atoms with Gasteiger partial charge in [-0.05, 0) is 53.0 Å². The van der Waals surface area contributed by atoms with Crippen LogP contribution in [0.1, 0.15) is 12.8 Å². The molecule has 3 N–H and O–H groups in total. The lowest BCUT2D eigenvalue weighted by atomic mass is 10.3. The monoisotopic (exact) mass is 347 g/mol. The molecule has 1 fully saturated rings. The lowest BCUT2D eigenvalue weighted by molar-refractivity contribution is 0.251. The lowest BCUT2D eigenvalue weighted by Gasteiger charge is -2.08. The zero-order chi connectivity index (χ0) is 14.7. The average Bonchev–Trinajstić information content (AvgIpc) is 3.27. The number of hydrogen-bond donors (Lipinski definition) is 3. The number of rotatable bonds is 4. The molecule has 0 aliphatic heterocycles. The molecular formula is C14H14BrN5O. The van der Waals surface area contributed by atoms with Crippen LogP contribution in [0.5, 0.6) is 0 Å². The van der Waals surface area contributed by atoms with Crippen molar-refractivity contribution < 1.29 is 4.79 Å². The van der Waals surface area contributed by atoms with Crippen LogP contribution in [0.4, 0.5) is 22.1 Å². The highest BCUT2D eigenvalue weighted by molar-refractivity contribution is 9.10. The van der Waals surface area contributed by atoms with Gasteiger partial charge in [0.05, 0.1) is 5.69 Å². The van der Waals surface area contributed by atoms with Crippen molar-refractivity contribution in [3.63, 3.8) is 0 Å². The summed E-state index contributed by atoms with van der Waals surface area (Å²) in [5.74, 6) is 1.03. The van der Waals surface area contributed by atoms with Gasteiger partial charge in [-0.1, -0.05) is 12.1 Å². The topological polar surface area (TPSA) is 78.9 Å². The molecule has 1 saturated carbocycles. The normalized spacial score (nSPS) is 13.6. The van der Waals surface area contributed by atoms with Crippen LogP contribution in [0.3, 0.4) is 0 Å². The van der Waals surface area contributed by atoms with E-state index < -0.39 is 0 Å². The number of nitrogens with zero attached hydrogens (tertiary/aromatic N) is 2. The Hall–Kier alpha value is -2.15. The maximum atomic E-state index is 11.6. The maximum absolute atomic E-state index is 11.6. The van der Waals surface area contributed by atoms with E-state index in [9.17, 15) is 4.79 Å². The summed E-state index contributed by atoms with van der Waals surface area (Å²) < 4.78 is 0.942. The van der Waals surface area contributed by atoms with Gasteiger partial charge in [0.15, 0.2) is 11.6 Å². The summed E-state index contributed by atoms with van der Waals surface area (Å²) in [6.07, 6.45) is 2.10. The largest absolute Gasteiger partial charge is 0.338 e. The Bertz CT molecular complexity index is 642. The van der Waals surface area contributed by atoms with Crippen molar-refractivity contribution in [2.24, 2.45) is 0 Å². The highest BCUT2D eigenvalue weighted by Crippen LogP contribution is 2.24. The predicted octanol–water partition coefficient (Wildman–Crippen LogP) is 3.27. The molecule has 108 valence electrons. The Morgan fingerprint density at radius 3 is 2.48 bits per heavy atom. The van der Waals surface area contributed by atoms with E-state index in [4.69, 9.17) is 0 Å². The number of nitrogens with one attached hydrogen (secondary N) is 3. The summed E-state index contributed by atoms with van der Waals surface area (Å²) in [7, 11) is 0. The van der Waals surface area contributed by atoms with Crippen LogP contribution < -0.4 is 16.0 Å². The first-order valence-corrected chi connectivity index (χ1v) is 7.43. The first kappa shape index (κ1) is 13.8. The Morgan fingerprint density at radius 2 is 1.81 bits per heavy atom. The van der Waals surface area contributed by atoms with Crippen molar-refractivity contribution in [2.45, 2.75) is 18.9 Å². The molecule has 1 aromatic carbocycles. The van der Waals surface area contributed by atoms with Gasteiger partial charge in [0.2, 0.25) is 0 Å². The Kier molecular flexibility index (Phi) is 4.01. The fourth-order valence-electron chi connectivity index (χ4n) is 1.73. The molecule has 0 spiro atoms. The molecule has 21 heavy (non-hydrogen) atoms. The number of urea groups is 1. The lowest BCUT2D eigenvalue weighted by Crippen LogP contribution is -2.30. The summed E-state index contributed by atoms with van der Waals surface area (Å²) in [5, 5.41) is 16.6. The number of halogens is 1. The number of para-hydroxylation sites is 1. The van der Waals surface area contributed by atoms with Gasteiger partial charge >= 0.3 is 6.03 Å². The van der Waals surface area contributed by atoms with E-state index in [2.05, 4.69) is 42.1 Å². The molecule has 1 heterocycles. The SMILES string of the molecule is O=C(Nc1ccc(Nc2ccccc2Br)nn1)NC1CC1. The Labute approximate surface area is 130 Å². The van der Waals surface area contributed by atoms with Gasteiger partial charge in [-0.15, -0.1) is 10.2 Å². The van der Waals surface area contributed by atoms with Gasteiger partial charge in [-0.2, -0.15) is 0 Å². The number of hydrogen-bond acceptors (Lipinski definition) is 4. The summed E-state index contributed by atoms with van der Waals surface area (Å²) in [6, 6.07) is 11.3. The first-order chi connectivity index (χ1) is 10.2. The third-order valence-corrected chi connectivity index (χ3v) is 3.65. The van der Waals surface area contributed by atoms with Crippen LogP contribution in [-0.4, -0.2) is 22.3 Å². The number of carbonyl (C=O) groups excluding carboxylic acids is 1. The predicted molar refractivity (Wildman–Crippen MR) is 84.6 cm³/mol. The molecule has 6 nitrogen and oxygen atoms in total. The van der Waals surface area contributed by atoms with E-state index in [1.54, 1.807) is 12.1 Å². The van der Waals surface area contributed by atoms with Crippen LogP contribution in [0.2, 0.25) is 0 Å². The fourth-order valence-corrected chi connectivity index (χ4v) is 2.12. The van der Waals surface area contributed by atoms with E-state index in [0.29, 0.717) is 17.7 Å². The van der Waals surface area contributed by atoms with E-state index in [-0.39, 0.29) is 6.03 Å². The smallest absolute Gasteiger partial charge is 0.320 e. The summed E-state index contributed by atoms with van der Waals surface area (Å²) in [6.45, 7) is 0. The third-order valence-electron chi connectivity index (χ3n) is 2.96. The van der Waals surface area contributed by atoms with Crippen LogP contribution in [0.25, 0.3) is 0 Å². The third kappa shape index (κ3) is 3.91. The van der Waals surface area contributed by atoms with Crippen LogP contribution in [-0.2, 0) is 0 Å². The second kappa shape index (κ2) is 6.09. The summed E-state index contributed by atoms with van der Waals surface area (Å²) >= 11 is 3.45. The summed E-state index contributed by atoms with van der Waals surface area (Å²) in [5.41, 5.74) is 0.902. The molecule has 1 aliphatic rings. The average molecular weight is 348 g/mol. The quantitative estimate of drug-likeness (QED) is 0.792. The molecule has 0 saturated heterocycles. The van der Waals surface area contributed by atoms with Crippen LogP contribution in [0.15, 0.2) is 40.9 Å². The molecule has 0 radical (unpaired) electrons. The zero-order valence-electron chi connectivity index (χ0n) is 11.1. The van der Waals surface area contributed by atoms with Crippen molar-refractivity contribution in [3.05, 3.63) is 40.9 Å². The number of carbonyl (C=O) groups is 1. The molecular weight excluding hydrogens is 334 g/mol. The van der Waals surface area contributed by atoms with Gasteiger partial charge in [0, 0.05) is 10.5 Å². The highest BCUT2D eigenvalue weighted by atomic mass is 79.9. The molecule has 0 bridgehead atoms. The molecule has 1 aromatic heterocycles. The van der Waals surface area contributed by atoms with Crippen LogP contribution >= 0.6 is 15.9 Å². The number of amides is 2. The van der Waals surface area contributed by atoms with Crippen molar-refractivity contribution in [1.29, 1.82) is 0 Å². The van der Waals surface area contributed by atoms with E-state index >= 15 is 0 Å². The van der Waals surface area contributed by atoms with Gasteiger partial charge in [0.1, 0.15) is 0 Å². The molecule has 3 rings (SSSR count). The molecule has 0 unspecified atom stereocenters. The Morgan fingerprint density at radius 1 is 1.10 bits per heavy atom. The molecule has 0 atom stereocenters. The summed E-state index contributed by atoms with van der Waals surface area (Å²) in [4.78, 5) is 11.6. The van der Waals surface area contributed by atoms with Crippen LogP contribution in [0, 0.1) is 0 Å². The van der Waals surface area contributed by atoms with Gasteiger partial charge < -0.3 is 10.6 Å². The Balaban J connectivity index is 1.61. The van der Waals surface area contributed by atoms with Gasteiger partial charge in [0.25, 0.3) is 0 Å². The fraction of sp³-hybridized carbons (Fsp3) is 0.214. The minimum absolute atomic E-state index is 0.238. The molecule has 7 heteroatoms. The van der Waals surface area contributed by atoms with Crippen molar-refractivity contribution in [3.8, 4) is 0 Å². The maximum Gasteiger partial charge on any atom is 0.320 e. The molecule has 2 aromatic rings. The first-order valence-electron chi connectivity index (χ1n) is 6.63. The molecule has 1 aliphatic carbocycles. The molecule has 2 amide bonds. The van der Waals surface area contributed by atoms with E-state index in [1.165, 1.54) is 0 Å². The minimum Gasteiger partial charge on any atom is -0.338 e. The van der Waals surface area contributed by atoms with Crippen molar-refractivity contribution >= 4 is 39.3 Å². The second-order valence-corrected chi connectivity index (χ2v) is 5.64. The second-order valence-electron chi connectivity index (χ2n) is 4.78. The van der Waals surface area contributed by atoms with Gasteiger partial charge in [-0.3, -0.25) is 5.32 Å². The minimum atomic E-state index is -0.238. The van der Waals surface area contributed by atoms with Crippen molar-refractivity contribution in [2.75, 3.05) is 10.6 Å².